The summed E-state index contributed by atoms with van der Waals surface area (Å²) in [6, 6.07) is 13.3. The predicted molar refractivity (Wildman–Crippen MR) is 135 cm³/mol. The molecule has 0 spiro atoms. The Kier molecular flexibility index (Phi) is 7.75. The van der Waals surface area contributed by atoms with Crippen LogP contribution in [0.5, 0.6) is 0 Å². The summed E-state index contributed by atoms with van der Waals surface area (Å²) >= 11 is 1.61. The van der Waals surface area contributed by atoms with Crippen LogP contribution in [-0.2, 0) is 9.53 Å². The van der Waals surface area contributed by atoms with Gasteiger partial charge in [0.2, 0.25) is 0 Å². The second-order valence-electron chi connectivity index (χ2n) is 8.59. The molecule has 0 bridgehead atoms. The standard InChI is InChI=1S/C27H31N3O3S/c1-4-33-27(32)22-12-16-30(17-13-22)24(20-10-14-28-15-11-20)23-18(2)19(3)34-26(23)29-25(31)21-8-6-5-7-9-21/h5-11,14-15,22,24H,4,12-13,16-17H2,1-3H3,(H,29,31). The van der Waals surface area contributed by atoms with E-state index in [1.165, 1.54) is 10.4 Å². The molecule has 0 radical (unpaired) electrons. The molecule has 6 nitrogen and oxygen atoms in total. The third-order valence-electron chi connectivity index (χ3n) is 6.50. The van der Waals surface area contributed by atoms with Crippen LogP contribution in [-0.4, -0.2) is 41.5 Å². The van der Waals surface area contributed by atoms with Crippen LogP contribution in [0.15, 0.2) is 54.9 Å². The summed E-state index contributed by atoms with van der Waals surface area (Å²) < 4.78 is 5.26. The minimum absolute atomic E-state index is 0.0397. The van der Waals surface area contributed by atoms with Gasteiger partial charge in [-0.15, -0.1) is 11.3 Å². The van der Waals surface area contributed by atoms with Gasteiger partial charge in [-0.25, -0.2) is 0 Å². The van der Waals surface area contributed by atoms with Crippen molar-refractivity contribution < 1.29 is 14.3 Å². The number of anilines is 1. The molecule has 1 atom stereocenters. The van der Waals surface area contributed by atoms with Crippen molar-refractivity contribution in [3.05, 3.63) is 82.0 Å². The van der Waals surface area contributed by atoms with Crippen LogP contribution in [0.1, 0.15) is 57.7 Å². The van der Waals surface area contributed by atoms with E-state index in [-0.39, 0.29) is 23.8 Å². The number of likely N-dealkylation sites (tertiary alicyclic amines) is 1. The first kappa shape index (κ1) is 24.1. The Hall–Kier alpha value is -3.03. The lowest BCUT2D eigenvalue weighted by Gasteiger charge is -2.38. The predicted octanol–water partition coefficient (Wildman–Crippen LogP) is 5.38. The fraction of sp³-hybridized carbons (Fsp3) is 0.370. The van der Waals surface area contributed by atoms with Crippen molar-refractivity contribution in [1.82, 2.24) is 9.88 Å². The molecule has 0 saturated carbocycles. The van der Waals surface area contributed by atoms with Gasteiger partial charge in [0.15, 0.2) is 0 Å². The SMILES string of the molecule is CCOC(=O)C1CCN(C(c2ccncc2)c2c(NC(=O)c3ccccc3)sc(C)c2C)CC1. The van der Waals surface area contributed by atoms with Crippen LogP contribution in [0.25, 0.3) is 0 Å². The van der Waals surface area contributed by atoms with E-state index >= 15 is 0 Å². The van der Waals surface area contributed by atoms with Gasteiger partial charge in [-0.05, 0) is 82.1 Å². The summed E-state index contributed by atoms with van der Waals surface area (Å²) in [5.41, 5.74) is 4.06. The van der Waals surface area contributed by atoms with Crippen LogP contribution < -0.4 is 5.32 Å². The third kappa shape index (κ3) is 5.21. The molecule has 7 heteroatoms. The monoisotopic (exact) mass is 477 g/mol. The number of carbonyl (C=O) groups excluding carboxylic acids is 2. The van der Waals surface area contributed by atoms with Crippen LogP contribution in [0.3, 0.4) is 0 Å². The normalized spacial score (nSPS) is 15.6. The van der Waals surface area contributed by atoms with Gasteiger partial charge in [0.05, 0.1) is 18.6 Å². The number of esters is 1. The molecule has 1 N–H and O–H groups in total. The highest BCUT2D eigenvalue weighted by Crippen LogP contribution is 2.43. The molecule has 1 aliphatic heterocycles. The number of benzene rings is 1. The summed E-state index contributed by atoms with van der Waals surface area (Å²) in [4.78, 5) is 33.1. The van der Waals surface area contributed by atoms with Crippen molar-refractivity contribution in [3.63, 3.8) is 0 Å². The Morgan fingerprint density at radius 1 is 1.12 bits per heavy atom. The maximum absolute atomic E-state index is 13.0. The van der Waals surface area contributed by atoms with Crippen LogP contribution in [0.4, 0.5) is 5.00 Å². The number of thiophene rings is 1. The van der Waals surface area contributed by atoms with Crippen molar-refractivity contribution in [2.45, 2.75) is 39.7 Å². The first-order valence-electron chi connectivity index (χ1n) is 11.8. The molecule has 3 aromatic rings. The summed E-state index contributed by atoms with van der Waals surface area (Å²) in [6.45, 7) is 8.03. The molecule has 4 rings (SSSR count). The lowest BCUT2D eigenvalue weighted by Crippen LogP contribution is -2.40. The quantitative estimate of drug-likeness (QED) is 0.463. The number of pyridine rings is 1. The maximum atomic E-state index is 13.0. The van der Waals surface area contributed by atoms with Gasteiger partial charge < -0.3 is 10.1 Å². The lowest BCUT2D eigenvalue weighted by atomic mass is 9.90. The van der Waals surface area contributed by atoms with Crippen molar-refractivity contribution in [2.24, 2.45) is 5.92 Å². The number of nitrogens with one attached hydrogen (secondary N) is 1. The molecule has 1 aromatic carbocycles. The van der Waals surface area contributed by atoms with Gasteiger partial charge in [0.1, 0.15) is 5.00 Å². The van der Waals surface area contributed by atoms with Gasteiger partial charge in [0, 0.05) is 28.4 Å². The number of rotatable bonds is 7. The van der Waals surface area contributed by atoms with Crippen molar-refractivity contribution >= 4 is 28.2 Å². The largest absolute Gasteiger partial charge is 0.466 e. The maximum Gasteiger partial charge on any atom is 0.309 e. The molecule has 1 fully saturated rings. The highest BCUT2D eigenvalue weighted by molar-refractivity contribution is 7.16. The van der Waals surface area contributed by atoms with Gasteiger partial charge in [0.25, 0.3) is 5.91 Å². The van der Waals surface area contributed by atoms with E-state index < -0.39 is 0 Å². The number of nitrogens with zero attached hydrogens (tertiary/aromatic N) is 2. The Balaban J connectivity index is 1.67. The fourth-order valence-electron chi connectivity index (χ4n) is 4.59. The zero-order valence-electron chi connectivity index (χ0n) is 19.9. The molecule has 1 unspecified atom stereocenters. The number of aryl methyl sites for hydroxylation is 1. The Labute approximate surface area is 205 Å². The number of piperidine rings is 1. The number of hydrogen-bond acceptors (Lipinski definition) is 6. The minimum atomic E-state index is -0.113. The summed E-state index contributed by atoms with van der Waals surface area (Å²) in [6.07, 6.45) is 5.14. The number of amides is 1. The van der Waals surface area contributed by atoms with Gasteiger partial charge in [-0.1, -0.05) is 18.2 Å². The van der Waals surface area contributed by atoms with Crippen molar-refractivity contribution in [1.29, 1.82) is 0 Å². The van der Waals surface area contributed by atoms with E-state index in [0.29, 0.717) is 12.2 Å². The molecule has 0 aliphatic carbocycles. The lowest BCUT2D eigenvalue weighted by molar-refractivity contribution is -0.149. The summed E-state index contributed by atoms with van der Waals surface area (Å²) in [7, 11) is 0. The highest BCUT2D eigenvalue weighted by atomic mass is 32.1. The van der Waals surface area contributed by atoms with Crippen LogP contribution in [0.2, 0.25) is 0 Å². The average molecular weight is 478 g/mol. The molecule has 1 aliphatic rings. The van der Waals surface area contributed by atoms with Gasteiger partial charge in [-0.3, -0.25) is 19.5 Å². The van der Waals surface area contributed by atoms with Crippen LogP contribution in [0, 0.1) is 19.8 Å². The van der Waals surface area contributed by atoms with E-state index in [9.17, 15) is 9.59 Å². The fourth-order valence-corrected chi connectivity index (χ4v) is 5.68. The molecule has 34 heavy (non-hydrogen) atoms. The Bertz CT molecular complexity index is 1120. The van der Waals surface area contributed by atoms with Gasteiger partial charge >= 0.3 is 5.97 Å². The number of ether oxygens (including phenoxy) is 1. The Morgan fingerprint density at radius 3 is 2.44 bits per heavy atom. The molecular formula is C27H31N3O3S. The second kappa shape index (κ2) is 10.9. The molecule has 1 saturated heterocycles. The highest BCUT2D eigenvalue weighted by Gasteiger charge is 2.34. The van der Waals surface area contributed by atoms with E-state index in [2.05, 4.69) is 29.0 Å². The molecule has 3 heterocycles. The molecular weight excluding hydrogens is 446 g/mol. The zero-order valence-corrected chi connectivity index (χ0v) is 20.7. The van der Waals surface area contributed by atoms with Crippen molar-refractivity contribution in [3.8, 4) is 0 Å². The number of hydrogen-bond donors (Lipinski definition) is 1. The van der Waals surface area contributed by atoms with E-state index in [0.717, 1.165) is 42.1 Å². The zero-order chi connectivity index (χ0) is 24.1. The van der Waals surface area contributed by atoms with E-state index in [1.54, 1.807) is 11.3 Å². The van der Waals surface area contributed by atoms with E-state index in [4.69, 9.17) is 4.74 Å². The molecule has 2 aromatic heterocycles. The first-order valence-corrected chi connectivity index (χ1v) is 12.6. The number of aromatic nitrogens is 1. The second-order valence-corrected chi connectivity index (χ2v) is 9.82. The van der Waals surface area contributed by atoms with E-state index in [1.807, 2.05) is 61.8 Å². The smallest absolute Gasteiger partial charge is 0.309 e. The molecule has 178 valence electrons. The summed E-state index contributed by atoms with van der Waals surface area (Å²) in [5.74, 6) is -0.268. The minimum Gasteiger partial charge on any atom is -0.466 e. The number of carbonyl (C=O) groups is 2. The average Bonchev–Trinajstić information content (AvgIpc) is 3.14. The third-order valence-corrected chi connectivity index (χ3v) is 7.64. The summed E-state index contributed by atoms with van der Waals surface area (Å²) in [5, 5.41) is 4.06. The van der Waals surface area contributed by atoms with Crippen LogP contribution >= 0.6 is 11.3 Å². The molecule has 1 amide bonds. The van der Waals surface area contributed by atoms with Gasteiger partial charge in [-0.2, -0.15) is 0 Å². The Morgan fingerprint density at radius 2 is 1.79 bits per heavy atom. The topological polar surface area (TPSA) is 71.5 Å². The van der Waals surface area contributed by atoms with Crippen molar-refractivity contribution in [2.75, 3.05) is 25.0 Å². The first-order chi connectivity index (χ1) is 16.5.